The number of fused-ring (bicyclic) bond motifs is 1. The quantitative estimate of drug-likeness (QED) is 0.733. The molecular weight excluding hydrogens is 287 g/mol. The fourth-order valence-corrected chi connectivity index (χ4v) is 2.68. The lowest BCUT2D eigenvalue weighted by molar-refractivity contribution is -0.200. The molecule has 0 spiro atoms. The summed E-state index contributed by atoms with van der Waals surface area (Å²) in [6, 6.07) is 0. The van der Waals surface area contributed by atoms with E-state index >= 15 is 0 Å². The van der Waals surface area contributed by atoms with E-state index in [4.69, 9.17) is 14.2 Å². The van der Waals surface area contributed by atoms with Gasteiger partial charge in [0.15, 0.2) is 12.0 Å². The SMILES string of the molecule is CC1(C)O[C@@H]2[C@H](O1)[C@H](n1cc(F)c(=O)[nH]c1=O)O[C@@H]2CO. The Hall–Kier alpha value is -1.55. The summed E-state index contributed by atoms with van der Waals surface area (Å²) in [5, 5.41) is 9.34. The maximum atomic E-state index is 13.4. The number of hydrogen-bond acceptors (Lipinski definition) is 6. The van der Waals surface area contributed by atoms with Gasteiger partial charge in [-0.3, -0.25) is 14.3 Å². The smallest absolute Gasteiger partial charge is 0.330 e. The summed E-state index contributed by atoms with van der Waals surface area (Å²) in [7, 11) is 0. The van der Waals surface area contributed by atoms with Crippen molar-refractivity contribution < 1.29 is 23.7 Å². The number of nitrogens with zero attached hydrogens (tertiary/aromatic N) is 1. The fraction of sp³-hybridized carbons (Fsp3) is 0.667. The van der Waals surface area contributed by atoms with Gasteiger partial charge in [-0.1, -0.05) is 0 Å². The summed E-state index contributed by atoms with van der Waals surface area (Å²) in [6.45, 7) is 3.04. The van der Waals surface area contributed by atoms with Gasteiger partial charge in [-0.05, 0) is 13.8 Å². The molecule has 3 rings (SSSR count). The summed E-state index contributed by atoms with van der Waals surface area (Å²) < 4.78 is 31.1. The molecule has 2 saturated heterocycles. The molecule has 0 aromatic carbocycles. The molecule has 3 heterocycles. The second kappa shape index (κ2) is 4.73. The number of aliphatic hydroxyl groups excluding tert-OH is 1. The summed E-state index contributed by atoms with van der Waals surface area (Å²) in [5.41, 5.74) is -1.93. The highest BCUT2D eigenvalue weighted by atomic mass is 19.1. The Morgan fingerprint density at radius 3 is 2.71 bits per heavy atom. The van der Waals surface area contributed by atoms with E-state index in [2.05, 4.69) is 0 Å². The molecule has 0 amide bonds. The number of halogens is 1. The molecule has 1 aromatic heterocycles. The van der Waals surface area contributed by atoms with E-state index in [0.717, 1.165) is 10.8 Å². The average molecular weight is 302 g/mol. The highest BCUT2D eigenvalue weighted by Crippen LogP contribution is 2.42. The third-order valence-corrected chi connectivity index (χ3v) is 3.50. The van der Waals surface area contributed by atoms with Crippen molar-refractivity contribution in [3.63, 3.8) is 0 Å². The van der Waals surface area contributed by atoms with Gasteiger partial charge < -0.3 is 19.3 Å². The predicted octanol–water partition coefficient (Wildman–Crippen LogP) is -0.914. The lowest BCUT2D eigenvalue weighted by Gasteiger charge is -2.24. The molecule has 0 radical (unpaired) electrons. The predicted molar refractivity (Wildman–Crippen MR) is 66.1 cm³/mol. The number of aromatic nitrogens is 2. The first kappa shape index (κ1) is 14.4. The Kier molecular flexibility index (Phi) is 3.24. The van der Waals surface area contributed by atoms with Gasteiger partial charge in [0.25, 0.3) is 5.56 Å². The van der Waals surface area contributed by atoms with Crippen molar-refractivity contribution in [2.75, 3.05) is 6.61 Å². The van der Waals surface area contributed by atoms with E-state index in [-0.39, 0.29) is 6.61 Å². The lowest BCUT2D eigenvalue weighted by atomic mass is 10.1. The van der Waals surface area contributed by atoms with Gasteiger partial charge in [0.2, 0.25) is 5.82 Å². The molecule has 0 unspecified atom stereocenters. The van der Waals surface area contributed by atoms with Crippen LogP contribution in [-0.2, 0) is 14.2 Å². The minimum Gasteiger partial charge on any atom is -0.394 e. The summed E-state index contributed by atoms with van der Waals surface area (Å²) >= 11 is 0. The minimum absolute atomic E-state index is 0.336. The Labute approximate surface area is 118 Å². The molecule has 2 fully saturated rings. The number of rotatable bonds is 2. The topological polar surface area (TPSA) is 103 Å². The summed E-state index contributed by atoms with van der Waals surface area (Å²) in [6.07, 6.45) is -2.22. The molecule has 0 aliphatic carbocycles. The third-order valence-electron chi connectivity index (χ3n) is 3.50. The van der Waals surface area contributed by atoms with Crippen molar-refractivity contribution in [2.24, 2.45) is 0 Å². The van der Waals surface area contributed by atoms with Crippen LogP contribution in [0.4, 0.5) is 4.39 Å². The Bertz CT molecular complexity index is 668. The van der Waals surface area contributed by atoms with Gasteiger partial charge in [0.05, 0.1) is 12.8 Å². The van der Waals surface area contributed by atoms with Crippen LogP contribution in [0.3, 0.4) is 0 Å². The van der Waals surface area contributed by atoms with Gasteiger partial charge in [-0.2, -0.15) is 4.39 Å². The molecule has 0 saturated carbocycles. The molecule has 2 aliphatic rings. The van der Waals surface area contributed by atoms with E-state index < -0.39 is 47.4 Å². The van der Waals surface area contributed by atoms with E-state index in [9.17, 15) is 19.1 Å². The number of hydrogen-bond donors (Lipinski definition) is 2. The van der Waals surface area contributed by atoms with Crippen molar-refractivity contribution in [1.82, 2.24) is 9.55 Å². The Morgan fingerprint density at radius 1 is 1.38 bits per heavy atom. The molecule has 2 aliphatic heterocycles. The van der Waals surface area contributed by atoms with Crippen LogP contribution in [0.1, 0.15) is 20.1 Å². The zero-order valence-electron chi connectivity index (χ0n) is 11.4. The fourth-order valence-electron chi connectivity index (χ4n) is 2.68. The molecule has 4 atom stereocenters. The molecule has 116 valence electrons. The van der Waals surface area contributed by atoms with Gasteiger partial charge in [0, 0.05) is 0 Å². The van der Waals surface area contributed by atoms with Gasteiger partial charge >= 0.3 is 5.69 Å². The second-order valence-electron chi connectivity index (χ2n) is 5.46. The van der Waals surface area contributed by atoms with Crippen molar-refractivity contribution in [3.8, 4) is 0 Å². The standard InChI is InChI=1S/C12H15FN2O6/c1-12(2)20-7-6(4-16)19-10(8(7)21-12)15-3-5(13)9(17)14-11(15)18/h3,6-8,10,16H,4H2,1-2H3,(H,14,17,18)/t6-,7+,8+,10-/m1/s1. The molecule has 8 nitrogen and oxygen atoms in total. The van der Waals surface area contributed by atoms with Crippen LogP contribution in [0, 0.1) is 5.82 Å². The largest absolute Gasteiger partial charge is 0.394 e. The van der Waals surface area contributed by atoms with Crippen molar-refractivity contribution >= 4 is 0 Å². The third kappa shape index (κ3) is 2.31. The van der Waals surface area contributed by atoms with Crippen LogP contribution >= 0.6 is 0 Å². The maximum Gasteiger partial charge on any atom is 0.330 e. The average Bonchev–Trinajstić information content (AvgIpc) is 2.87. The summed E-state index contributed by atoms with van der Waals surface area (Å²) in [4.78, 5) is 24.8. The van der Waals surface area contributed by atoms with Crippen molar-refractivity contribution in [2.45, 2.75) is 44.2 Å². The highest BCUT2D eigenvalue weighted by molar-refractivity contribution is 4.99. The van der Waals surface area contributed by atoms with Crippen LogP contribution in [0.15, 0.2) is 15.8 Å². The van der Waals surface area contributed by atoms with Crippen LogP contribution in [0.5, 0.6) is 0 Å². The van der Waals surface area contributed by atoms with E-state index in [1.165, 1.54) is 0 Å². The Morgan fingerprint density at radius 2 is 2.05 bits per heavy atom. The van der Waals surface area contributed by atoms with Gasteiger partial charge in [0.1, 0.15) is 18.3 Å². The van der Waals surface area contributed by atoms with Crippen LogP contribution < -0.4 is 11.2 Å². The van der Waals surface area contributed by atoms with Gasteiger partial charge in [-0.15, -0.1) is 0 Å². The summed E-state index contributed by atoms with van der Waals surface area (Å²) in [5.74, 6) is -2.02. The maximum absolute atomic E-state index is 13.4. The molecule has 0 bridgehead atoms. The molecule has 1 aromatic rings. The van der Waals surface area contributed by atoms with E-state index in [0.29, 0.717) is 0 Å². The monoisotopic (exact) mass is 302 g/mol. The minimum atomic E-state index is -1.11. The first-order chi connectivity index (χ1) is 9.82. The van der Waals surface area contributed by atoms with Crippen molar-refractivity contribution in [1.29, 1.82) is 0 Å². The lowest BCUT2D eigenvalue weighted by Crippen LogP contribution is -2.38. The number of aliphatic hydroxyl groups is 1. The Balaban J connectivity index is 2.01. The first-order valence-corrected chi connectivity index (χ1v) is 6.45. The van der Waals surface area contributed by atoms with E-state index in [1.54, 1.807) is 13.8 Å². The molecule has 9 heteroatoms. The van der Waals surface area contributed by atoms with Crippen LogP contribution in [-0.4, -0.2) is 45.4 Å². The number of H-pyrrole nitrogens is 1. The number of ether oxygens (including phenoxy) is 3. The molecular formula is C12H15FN2O6. The first-order valence-electron chi connectivity index (χ1n) is 6.45. The normalized spacial score (nSPS) is 34.1. The number of aromatic amines is 1. The number of nitrogens with one attached hydrogen (secondary N) is 1. The second-order valence-corrected chi connectivity index (χ2v) is 5.46. The van der Waals surface area contributed by atoms with Crippen LogP contribution in [0.25, 0.3) is 0 Å². The van der Waals surface area contributed by atoms with Crippen molar-refractivity contribution in [3.05, 3.63) is 32.9 Å². The zero-order valence-corrected chi connectivity index (χ0v) is 11.4. The molecule has 21 heavy (non-hydrogen) atoms. The zero-order chi connectivity index (χ0) is 15.4. The van der Waals surface area contributed by atoms with E-state index in [1.807, 2.05) is 4.98 Å². The van der Waals surface area contributed by atoms with Gasteiger partial charge in [-0.25, -0.2) is 4.79 Å². The molecule has 2 N–H and O–H groups in total. The highest BCUT2D eigenvalue weighted by Gasteiger charge is 2.55. The van der Waals surface area contributed by atoms with Crippen LogP contribution in [0.2, 0.25) is 0 Å².